The SMILES string of the molecule is Cc1ccc(NC(=O)CSc2nnc([C@@H]3CCS(=O)(=O)C3)n2C)cc1S(=O)(=O)N(C)C. The number of sulfone groups is 1. The zero-order chi connectivity index (χ0) is 23.0. The first kappa shape index (κ1) is 23.7. The molecule has 0 spiro atoms. The van der Waals surface area contributed by atoms with Crippen LogP contribution in [0.3, 0.4) is 0 Å². The van der Waals surface area contributed by atoms with Gasteiger partial charge >= 0.3 is 0 Å². The molecule has 10 nitrogen and oxygen atoms in total. The molecule has 1 amide bonds. The average molecular weight is 488 g/mol. The van der Waals surface area contributed by atoms with Crippen LogP contribution in [0.25, 0.3) is 0 Å². The first-order valence-electron chi connectivity index (χ1n) is 9.46. The second-order valence-electron chi connectivity index (χ2n) is 7.60. The Morgan fingerprint density at radius 3 is 2.65 bits per heavy atom. The minimum absolute atomic E-state index is 0.0403. The van der Waals surface area contributed by atoms with E-state index < -0.39 is 19.9 Å². The number of aromatic nitrogens is 3. The van der Waals surface area contributed by atoms with Crippen LogP contribution in [0.1, 0.15) is 23.7 Å². The summed E-state index contributed by atoms with van der Waals surface area (Å²) in [4.78, 5) is 12.5. The predicted octanol–water partition coefficient (Wildman–Crippen LogP) is 1.01. The molecule has 1 aliphatic rings. The van der Waals surface area contributed by atoms with E-state index in [0.29, 0.717) is 28.7 Å². The summed E-state index contributed by atoms with van der Waals surface area (Å²) in [6.07, 6.45) is 0.519. The van der Waals surface area contributed by atoms with Crippen LogP contribution >= 0.6 is 11.8 Å². The van der Waals surface area contributed by atoms with E-state index in [1.54, 1.807) is 30.7 Å². The first-order chi connectivity index (χ1) is 14.4. The molecule has 0 radical (unpaired) electrons. The Kier molecular flexibility index (Phi) is 6.79. The summed E-state index contributed by atoms with van der Waals surface area (Å²) in [5.41, 5.74) is 0.966. The van der Waals surface area contributed by atoms with Crippen LogP contribution in [0.15, 0.2) is 28.3 Å². The molecule has 1 fully saturated rings. The third kappa shape index (κ3) is 5.27. The minimum Gasteiger partial charge on any atom is -0.325 e. The van der Waals surface area contributed by atoms with E-state index in [9.17, 15) is 21.6 Å². The number of hydrogen-bond acceptors (Lipinski definition) is 8. The summed E-state index contributed by atoms with van der Waals surface area (Å²) in [6, 6.07) is 4.73. The average Bonchev–Trinajstić information content (AvgIpc) is 3.22. The van der Waals surface area contributed by atoms with Gasteiger partial charge in [-0.2, -0.15) is 0 Å². The lowest BCUT2D eigenvalue weighted by Crippen LogP contribution is -2.23. The lowest BCUT2D eigenvalue weighted by molar-refractivity contribution is -0.113. The zero-order valence-corrected chi connectivity index (χ0v) is 20.1. The number of anilines is 1. The zero-order valence-electron chi connectivity index (χ0n) is 17.7. The normalized spacial score (nSPS) is 18.4. The van der Waals surface area contributed by atoms with Gasteiger partial charge in [-0.3, -0.25) is 4.79 Å². The van der Waals surface area contributed by atoms with Crippen LogP contribution < -0.4 is 5.32 Å². The first-order valence-corrected chi connectivity index (χ1v) is 13.7. The second-order valence-corrected chi connectivity index (χ2v) is 12.9. The third-order valence-corrected chi connectivity index (χ3v) is 9.77. The molecular weight excluding hydrogens is 462 g/mol. The number of thioether (sulfide) groups is 1. The molecule has 1 saturated heterocycles. The molecule has 0 aliphatic carbocycles. The van der Waals surface area contributed by atoms with E-state index >= 15 is 0 Å². The van der Waals surface area contributed by atoms with Gasteiger partial charge in [0, 0.05) is 32.7 Å². The number of hydrogen-bond donors (Lipinski definition) is 1. The van der Waals surface area contributed by atoms with Crippen LogP contribution in [0.4, 0.5) is 5.69 Å². The third-order valence-electron chi connectivity index (χ3n) is 5.03. The fourth-order valence-corrected chi connectivity index (χ4v) is 6.89. The number of aryl methyl sites for hydroxylation is 1. The number of sulfonamides is 1. The van der Waals surface area contributed by atoms with Crippen molar-refractivity contribution in [2.45, 2.75) is 29.3 Å². The highest BCUT2D eigenvalue weighted by atomic mass is 32.2. The van der Waals surface area contributed by atoms with Gasteiger partial charge in [-0.15, -0.1) is 10.2 Å². The van der Waals surface area contributed by atoms with Crippen molar-refractivity contribution in [3.63, 3.8) is 0 Å². The Hall–Kier alpha value is -1.96. The van der Waals surface area contributed by atoms with Crippen LogP contribution in [0, 0.1) is 6.92 Å². The van der Waals surface area contributed by atoms with Crippen molar-refractivity contribution in [2.24, 2.45) is 7.05 Å². The minimum atomic E-state index is -3.63. The van der Waals surface area contributed by atoms with Gasteiger partial charge in [0.2, 0.25) is 15.9 Å². The lowest BCUT2D eigenvalue weighted by Gasteiger charge is -2.15. The Morgan fingerprint density at radius 1 is 1.32 bits per heavy atom. The van der Waals surface area contributed by atoms with Crippen molar-refractivity contribution in [1.29, 1.82) is 0 Å². The Balaban J connectivity index is 1.65. The molecule has 170 valence electrons. The van der Waals surface area contributed by atoms with Gasteiger partial charge in [-0.1, -0.05) is 17.8 Å². The molecule has 0 saturated carbocycles. The van der Waals surface area contributed by atoms with E-state index in [2.05, 4.69) is 15.5 Å². The molecule has 1 atom stereocenters. The van der Waals surface area contributed by atoms with Gasteiger partial charge in [0.05, 0.1) is 22.2 Å². The molecule has 31 heavy (non-hydrogen) atoms. The highest BCUT2D eigenvalue weighted by molar-refractivity contribution is 7.99. The van der Waals surface area contributed by atoms with E-state index in [1.807, 2.05) is 0 Å². The Bertz CT molecular complexity index is 1210. The number of carbonyl (C=O) groups is 1. The number of nitrogens with one attached hydrogen (secondary N) is 1. The van der Waals surface area contributed by atoms with Gasteiger partial charge in [0.1, 0.15) is 5.82 Å². The Morgan fingerprint density at radius 2 is 2.03 bits per heavy atom. The van der Waals surface area contributed by atoms with E-state index in [4.69, 9.17) is 0 Å². The van der Waals surface area contributed by atoms with Gasteiger partial charge in [-0.05, 0) is 31.0 Å². The van der Waals surface area contributed by atoms with Crippen molar-refractivity contribution in [1.82, 2.24) is 19.1 Å². The molecular formula is C18H25N5O5S3. The van der Waals surface area contributed by atoms with E-state index in [-0.39, 0.29) is 34.0 Å². The summed E-state index contributed by atoms with van der Waals surface area (Å²) in [5, 5.41) is 11.4. The number of nitrogens with zero attached hydrogens (tertiary/aromatic N) is 4. The highest BCUT2D eigenvalue weighted by Crippen LogP contribution is 2.29. The Labute approximate surface area is 186 Å². The van der Waals surface area contributed by atoms with Crippen molar-refractivity contribution in [3.8, 4) is 0 Å². The van der Waals surface area contributed by atoms with Gasteiger partial charge in [0.25, 0.3) is 0 Å². The molecule has 2 heterocycles. The topological polar surface area (TPSA) is 131 Å². The van der Waals surface area contributed by atoms with E-state index in [1.165, 1.54) is 31.9 Å². The van der Waals surface area contributed by atoms with Crippen LogP contribution in [-0.2, 0) is 31.7 Å². The summed E-state index contributed by atoms with van der Waals surface area (Å²) in [6.45, 7) is 1.69. The maximum absolute atomic E-state index is 12.4. The van der Waals surface area contributed by atoms with Crippen molar-refractivity contribution in [3.05, 3.63) is 29.6 Å². The maximum Gasteiger partial charge on any atom is 0.242 e. The molecule has 1 aliphatic heterocycles. The van der Waals surface area contributed by atoms with Crippen LogP contribution in [0.5, 0.6) is 0 Å². The summed E-state index contributed by atoms with van der Waals surface area (Å²) in [7, 11) is -2.01. The summed E-state index contributed by atoms with van der Waals surface area (Å²) < 4.78 is 51.1. The molecule has 1 aromatic heterocycles. The summed E-state index contributed by atoms with van der Waals surface area (Å²) >= 11 is 1.17. The standard InChI is InChI=1S/C18H25N5O5S3/c1-12-5-6-14(9-15(12)31(27,28)22(2)3)19-16(24)10-29-18-21-20-17(23(18)4)13-7-8-30(25,26)11-13/h5-6,9,13H,7-8,10-11H2,1-4H3,(H,19,24)/t13-/m1/s1. The van der Waals surface area contributed by atoms with Crippen LogP contribution in [0.2, 0.25) is 0 Å². The molecule has 1 aromatic carbocycles. The number of benzene rings is 1. The fourth-order valence-electron chi connectivity index (χ4n) is 3.29. The van der Waals surface area contributed by atoms with Crippen molar-refractivity contribution < 1.29 is 21.6 Å². The smallest absolute Gasteiger partial charge is 0.242 e. The van der Waals surface area contributed by atoms with Crippen molar-refractivity contribution in [2.75, 3.05) is 36.7 Å². The highest BCUT2D eigenvalue weighted by Gasteiger charge is 2.32. The monoisotopic (exact) mass is 487 g/mol. The van der Waals surface area contributed by atoms with Gasteiger partial charge in [-0.25, -0.2) is 21.1 Å². The number of rotatable bonds is 7. The van der Waals surface area contributed by atoms with E-state index in [0.717, 1.165) is 4.31 Å². The quantitative estimate of drug-likeness (QED) is 0.573. The molecule has 2 aromatic rings. The molecule has 13 heteroatoms. The summed E-state index contributed by atoms with van der Waals surface area (Å²) in [5.74, 6) is 0.345. The molecule has 1 N–H and O–H groups in total. The largest absolute Gasteiger partial charge is 0.325 e. The van der Waals surface area contributed by atoms with Gasteiger partial charge < -0.3 is 9.88 Å². The van der Waals surface area contributed by atoms with Gasteiger partial charge in [0.15, 0.2) is 15.0 Å². The second kappa shape index (κ2) is 8.88. The lowest BCUT2D eigenvalue weighted by atomic mass is 10.1. The number of amides is 1. The fraction of sp³-hybridized carbons (Fsp3) is 0.500. The van der Waals surface area contributed by atoms with Crippen molar-refractivity contribution >= 4 is 43.2 Å². The molecule has 0 bridgehead atoms. The molecule has 0 unspecified atom stereocenters. The maximum atomic E-state index is 12.4. The molecule has 3 rings (SSSR count). The number of carbonyl (C=O) groups excluding carboxylic acids is 1. The predicted molar refractivity (Wildman–Crippen MR) is 118 cm³/mol. The van der Waals surface area contributed by atoms with Crippen LogP contribution in [-0.4, -0.2) is 73.2 Å².